The van der Waals surface area contributed by atoms with Gasteiger partial charge in [0.15, 0.2) is 6.10 Å². The quantitative estimate of drug-likeness (QED) is 0.532. The third kappa shape index (κ3) is 2.64. The molecule has 0 spiro atoms. The first-order valence-electron chi connectivity index (χ1n) is 8.84. The average Bonchev–Trinajstić information content (AvgIpc) is 3.32. The van der Waals surface area contributed by atoms with Gasteiger partial charge in [0.2, 0.25) is 0 Å². The van der Waals surface area contributed by atoms with Gasteiger partial charge >= 0.3 is 6.09 Å². The Morgan fingerprint density at radius 1 is 0.852 bits per heavy atom. The molecule has 0 N–H and O–H groups in total. The molecule has 4 aromatic rings. The van der Waals surface area contributed by atoms with Crippen molar-refractivity contribution in [2.24, 2.45) is 0 Å². The van der Waals surface area contributed by atoms with Gasteiger partial charge in [-0.3, -0.25) is 4.90 Å². The molecule has 1 fully saturated rings. The van der Waals surface area contributed by atoms with E-state index in [0.717, 1.165) is 22.5 Å². The molecular formula is C22H17N3O2. The molecular weight excluding hydrogens is 338 g/mol. The second-order valence-corrected chi connectivity index (χ2v) is 6.52. The molecule has 2 aromatic heterocycles. The fourth-order valence-corrected chi connectivity index (χ4v) is 3.66. The van der Waals surface area contributed by atoms with Crippen LogP contribution in [0.4, 0.5) is 10.5 Å². The van der Waals surface area contributed by atoms with Crippen molar-refractivity contribution in [1.29, 1.82) is 0 Å². The number of benzene rings is 2. The molecule has 3 heterocycles. The molecule has 1 saturated heterocycles. The van der Waals surface area contributed by atoms with Crippen LogP contribution in [0.3, 0.4) is 0 Å². The van der Waals surface area contributed by atoms with Crippen molar-refractivity contribution in [1.82, 2.24) is 9.38 Å². The number of rotatable bonds is 3. The van der Waals surface area contributed by atoms with Crippen molar-refractivity contribution in [3.63, 3.8) is 0 Å². The molecule has 5 heteroatoms. The Hall–Kier alpha value is -3.60. The number of hydrogen-bond donors (Lipinski definition) is 0. The summed E-state index contributed by atoms with van der Waals surface area (Å²) in [5, 5.41) is 0. The van der Waals surface area contributed by atoms with E-state index in [9.17, 15) is 4.79 Å². The molecule has 1 aliphatic heterocycles. The molecule has 0 radical (unpaired) electrons. The molecule has 5 nitrogen and oxygen atoms in total. The molecule has 0 bridgehead atoms. The van der Waals surface area contributed by atoms with Gasteiger partial charge in [0.05, 0.1) is 5.69 Å². The maximum atomic E-state index is 12.9. The average molecular weight is 355 g/mol. The lowest BCUT2D eigenvalue weighted by Crippen LogP contribution is -2.28. The maximum absolute atomic E-state index is 12.9. The van der Waals surface area contributed by atoms with Crippen LogP contribution in [-0.2, 0) is 4.74 Å². The molecule has 0 saturated carbocycles. The second-order valence-electron chi connectivity index (χ2n) is 6.52. The van der Waals surface area contributed by atoms with Crippen LogP contribution < -0.4 is 4.90 Å². The summed E-state index contributed by atoms with van der Waals surface area (Å²) in [6, 6.07) is 23.5. The zero-order valence-corrected chi connectivity index (χ0v) is 14.5. The maximum Gasteiger partial charge on any atom is 0.415 e. The lowest BCUT2D eigenvalue weighted by Gasteiger charge is -2.25. The van der Waals surface area contributed by atoms with Crippen molar-refractivity contribution in [3.05, 3.63) is 103 Å². The highest BCUT2D eigenvalue weighted by molar-refractivity contribution is 5.91. The van der Waals surface area contributed by atoms with Gasteiger partial charge < -0.3 is 9.14 Å². The van der Waals surface area contributed by atoms with Crippen LogP contribution >= 0.6 is 0 Å². The predicted octanol–water partition coefficient (Wildman–Crippen LogP) is 4.77. The van der Waals surface area contributed by atoms with Crippen molar-refractivity contribution >= 4 is 17.4 Å². The van der Waals surface area contributed by atoms with Crippen molar-refractivity contribution in [2.45, 2.75) is 12.1 Å². The Labute approximate surface area is 156 Å². The summed E-state index contributed by atoms with van der Waals surface area (Å²) in [6.07, 6.45) is 4.79. The van der Waals surface area contributed by atoms with Crippen molar-refractivity contribution in [2.75, 3.05) is 4.90 Å². The van der Waals surface area contributed by atoms with E-state index in [1.807, 2.05) is 89.6 Å². The zero-order chi connectivity index (χ0) is 18.2. The highest BCUT2D eigenvalue weighted by Gasteiger charge is 2.44. The topological polar surface area (TPSA) is 46.8 Å². The smallest absolute Gasteiger partial charge is 0.415 e. The Kier molecular flexibility index (Phi) is 3.64. The largest absolute Gasteiger partial charge is 0.438 e. The van der Waals surface area contributed by atoms with E-state index in [-0.39, 0.29) is 18.2 Å². The number of fused-ring (bicyclic) bond motifs is 1. The number of pyridine rings is 1. The summed E-state index contributed by atoms with van der Waals surface area (Å²) in [5.41, 5.74) is 3.62. The van der Waals surface area contributed by atoms with Gasteiger partial charge in [-0.15, -0.1) is 0 Å². The minimum absolute atomic E-state index is 0.248. The number of imidazole rings is 1. The van der Waals surface area contributed by atoms with E-state index in [0.29, 0.717) is 0 Å². The molecule has 132 valence electrons. The van der Waals surface area contributed by atoms with E-state index in [1.54, 1.807) is 11.1 Å². The number of hydrogen-bond acceptors (Lipinski definition) is 3. The van der Waals surface area contributed by atoms with Gasteiger partial charge in [0.1, 0.15) is 11.7 Å². The first-order chi connectivity index (χ1) is 13.3. The number of carbonyl (C=O) groups is 1. The van der Waals surface area contributed by atoms with Gasteiger partial charge in [-0.05, 0) is 23.3 Å². The first-order valence-corrected chi connectivity index (χ1v) is 8.84. The fraction of sp³-hybridized carbons (Fsp3) is 0.0909. The van der Waals surface area contributed by atoms with E-state index in [1.165, 1.54) is 0 Å². The minimum Gasteiger partial charge on any atom is -0.438 e. The summed E-state index contributed by atoms with van der Waals surface area (Å²) in [7, 11) is 0. The number of ether oxygens (including phenoxy) is 1. The third-order valence-electron chi connectivity index (χ3n) is 4.91. The van der Waals surface area contributed by atoms with Crippen LogP contribution in [0.2, 0.25) is 0 Å². The molecule has 27 heavy (non-hydrogen) atoms. The molecule has 0 aliphatic carbocycles. The van der Waals surface area contributed by atoms with E-state index < -0.39 is 0 Å². The van der Waals surface area contributed by atoms with Crippen LogP contribution in [0.1, 0.15) is 23.3 Å². The summed E-state index contributed by atoms with van der Waals surface area (Å²) in [5.74, 6) is 0. The lowest BCUT2D eigenvalue weighted by molar-refractivity contribution is 0.132. The van der Waals surface area contributed by atoms with Gasteiger partial charge in [-0.1, -0.05) is 60.7 Å². The minimum atomic E-state index is -0.375. The number of carbonyl (C=O) groups excluding carboxylic acids is 1. The highest BCUT2D eigenvalue weighted by Crippen LogP contribution is 2.45. The van der Waals surface area contributed by atoms with Crippen LogP contribution in [0.25, 0.3) is 5.65 Å². The molecule has 1 aliphatic rings. The normalized spacial score (nSPS) is 19.4. The number of amides is 1. The summed E-state index contributed by atoms with van der Waals surface area (Å²) in [4.78, 5) is 18.9. The summed E-state index contributed by atoms with van der Waals surface area (Å²) < 4.78 is 7.74. The predicted molar refractivity (Wildman–Crippen MR) is 103 cm³/mol. The van der Waals surface area contributed by atoms with Gasteiger partial charge in [0.25, 0.3) is 0 Å². The highest BCUT2D eigenvalue weighted by atomic mass is 16.6. The Morgan fingerprint density at radius 3 is 2.30 bits per heavy atom. The number of anilines is 1. The fourth-order valence-electron chi connectivity index (χ4n) is 3.66. The summed E-state index contributed by atoms with van der Waals surface area (Å²) in [6.45, 7) is 0. The van der Waals surface area contributed by atoms with Crippen LogP contribution in [0.15, 0.2) is 91.4 Å². The van der Waals surface area contributed by atoms with Crippen LogP contribution in [0.5, 0.6) is 0 Å². The molecule has 2 aromatic carbocycles. The van der Waals surface area contributed by atoms with E-state index in [2.05, 4.69) is 4.98 Å². The van der Waals surface area contributed by atoms with Gasteiger partial charge in [0, 0.05) is 18.6 Å². The standard InChI is InChI=1S/C22H17N3O2/c26-22-25(18-11-12-19-23-13-14-24(19)15-18)20(16-7-3-1-4-8-16)21(27-22)17-9-5-2-6-10-17/h1-15,20-21H/t20-,21+/m0/s1. The number of aromatic nitrogens is 2. The lowest BCUT2D eigenvalue weighted by atomic mass is 9.95. The van der Waals surface area contributed by atoms with E-state index >= 15 is 0 Å². The first kappa shape index (κ1) is 15.6. The Morgan fingerprint density at radius 2 is 1.56 bits per heavy atom. The van der Waals surface area contributed by atoms with Crippen LogP contribution in [0, 0.1) is 0 Å². The molecule has 5 rings (SSSR count). The van der Waals surface area contributed by atoms with Crippen LogP contribution in [-0.4, -0.2) is 15.5 Å². The third-order valence-corrected chi connectivity index (χ3v) is 4.91. The monoisotopic (exact) mass is 355 g/mol. The molecule has 1 amide bonds. The Balaban J connectivity index is 1.65. The van der Waals surface area contributed by atoms with Gasteiger partial charge in [-0.25, -0.2) is 9.78 Å². The molecule has 2 atom stereocenters. The Bertz CT molecular complexity index is 1090. The zero-order valence-electron chi connectivity index (χ0n) is 14.5. The van der Waals surface area contributed by atoms with Crippen molar-refractivity contribution in [3.8, 4) is 0 Å². The van der Waals surface area contributed by atoms with Crippen molar-refractivity contribution < 1.29 is 9.53 Å². The second kappa shape index (κ2) is 6.29. The molecule has 0 unspecified atom stereocenters. The van der Waals surface area contributed by atoms with E-state index in [4.69, 9.17) is 4.74 Å². The van der Waals surface area contributed by atoms with Gasteiger partial charge in [-0.2, -0.15) is 0 Å². The SMILES string of the molecule is O=C1O[C@H](c2ccccc2)[C@H](c2ccccc2)N1c1ccc2nccn2c1. The number of nitrogens with zero attached hydrogens (tertiary/aromatic N) is 3. The summed E-state index contributed by atoms with van der Waals surface area (Å²) >= 11 is 0. The number of cyclic esters (lactones) is 1.